The van der Waals surface area contributed by atoms with Crippen molar-refractivity contribution in [3.05, 3.63) is 40.8 Å². The molecule has 2 N–H and O–H groups in total. The second-order valence-electron chi connectivity index (χ2n) is 9.79. The van der Waals surface area contributed by atoms with Crippen LogP contribution >= 0.6 is 0 Å². The number of benzene rings is 1. The van der Waals surface area contributed by atoms with Crippen molar-refractivity contribution in [3.63, 3.8) is 0 Å². The van der Waals surface area contributed by atoms with Gasteiger partial charge in [-0.15, -0.1) is 0 Å². The zero-order valence-corrected chi connectivity index (χ0v) is 19.4. The molecule has 0 bridgehead atoms. The third-order valence-electron chi connectivity index (χ3n) is 6.96. The van der Waals surface area contributed by atoms with Crippen molar-refractivity contribution >= 4 is 29.3 Å². The highest BCUT2D eigenvalue weighted by Gasteiger charge is 2.37. The first-order valence-corrected chi connectivity index (χ1v) is 11.5. The molecule has 3 aliphatic rings. The first-order valence-electron chi connectivity index (χ1n) is 11.5. The highest BCUT2D eigenvalue weighted by molar-refractivity contribution is 6.03. The third kappa shape index (κ3) is 3.79. The molecule has 2 aromatic rings. The van der Waals surface area contributed by atoms with Crippen LogP contribution in [0.15, 0.2) is 18.2 Å². The monoisotopic (exact) mass is 452 g/mol. The van der Waals surface area contributed by atoms with Crippen molar-refractivity contribution in [1.82, 2.24) is 14.9 Å². The molecule has 1 atom stereocenters. The summed E-state index contributed by atoms with van der Waals surface area (Å²) in [5.74, 6) is 1.47. The molecule has 0 radical (unpaired) electrons. The van der Waals surface area contributed by atoms with Crippen molar-refractivity contribution in [2.45, 2.75) is 52.2 Å². The molecule has 0 spiro atoms. The van der Waals surface area contributed by atoms with Gasteiger partial charge in [0.1, 0.15) is 17.5 Å². The molecular formula is C24H29FN6O2. The Kier molecular flexibility index (Phi) is 5.22. The van der Waals surface area contributed by atoms with Gasteiger partial charge in [0.05, 0.1) is 5.69 Å². The van der Waals surface area contributed by atoms with E-state index in [-0.39, 0.29) is 35.6 Å². The van der Waals surface area contributed by atoms with E-state index in [0.717, 1.165) is 29.9 Å². The Morgan fingerprint density at radius 3 is 2.73 bits per heavy atom. The Hall–Kier alpha value is -3.23. The number of fused-ring (bicyclic) bond motifs is 2. The summed E-state index contributed by atoms with van der Waals surface area (Å²) in [6.45, 7) is 7.06. The Bertz CT molecular complexity index is 1130. The van der Waals surface area contributed by atoms with E-state index in [0.29, 0.717) is 36.2 Å². The number of rotatable bonds is 5. The van der Waals surface area contributed by atoms with Crippen molar-refractivity contribution in [1.29, 1.82) is 0 Å². The van der Waals surface area contributed by atoms with Crippen LogP contribution in [0.3, 0.4) is 0 Å². The Morgan fingerprint density at radius 2 is 2.00 bits per heavy atom. The molecule has 3 heterocycles. The van der Waals surface area contributed by atoms with Crippen LogP contribution in [0.2, 0.25) is 0 Å². The van der Waals surface area contributed by atoms with Gasteiger partial charge in [-0.25, -0.2) is 9.37 Å². The van der Waals surface area contributed by atoms with Gasteiger partial charge in [-0.1, -0.05) is 13.8 Å². The van der Waals surface area contributed by atoms with Gasteiger partial charge in [0.2, 0.25) is 11.9 Å². The minimum Gasteiger partial charge on any atom is -0.351 e. The first kappa shape index (κ1) is 21.6. The molecule has 1 saturated carbocycles. The summed E-state index contributed by atoms with van der Waals surface area (Å²) in [7, 11) is 1.90. The summed E-state index contributed by atoms with van der Waals surface area (Å²) in [4.78, 5) is 38.1. The number of carbonyl (C=O) groups excluding carboxylic acids is 2. The van der Waals surface area contributed by atoms with Crippen molar-refractivity contribution in [3.8, 4) is 0 Å². The lowest BCUT2D eigenvalue weighted by Crippen LogP contribution is -2.50. The van der Waals surface area contributed by atoms with Gasteiger partial charge in [0, 0.05) is 31.7 Å². The molecule has 1 aromatic carbocycles. The molecule has 9 heteroatoms. The molecule has 0 unspecified atom stereocenters. The number of hydrogen-bond acceptors (Lipinski definition) is 6. The van der Waals surface area contributed by atoms with Gasteiger partial charge in [-0.3, -0.25) is 9.59 Å². The first-order chi connectivity index (χ1) is 15.7. The van der Waals surface area contributed by atoms with E-state index in [1.165, 1.54) is 12.1 Å². The molecule has 8 nitrogen and oxygen atoms in total. The zero-order valence-electron chi connectivity index (χ0n) is 19.4. The smallest absolute Gasteiger partial charge is 0.254 e. The molecule has 5 rings (SSSR count). The van der Waals surface area contributed by atoms with Crippen molar-refractivity contribution in [2.24, 2.45) is 11.8 Å². The van der Waals surface area contributed by atoms with Crippen LogP contribution in [-0.4, -0.2) is 52.4 Å². The van der Waals surface area contributed by atoms with E-state index in [1.807, 2.05) is 37.6 Å². The van der Waals surface area contributed by atoms with Crippen LogP contribution in [-0.2, 0) is 11.3 Å². The molecule has 1 aromatic heterocycles. The molecule has 33 heavy (non-hydrogen) atoms. The fourth-order valence-corrected chi connectivity index (χ4v) is 5.27. The Labute approximate surface area is 192 Å². The average molecular weight is 453 g/mol. The number of likely N-dealkylation sites (N-methyl/N-ethyl adjacent to an activating group) is 1. The maximum atomic E-state index is 13.5. The van der Waals surface area contributed by atoms with Gasteiger partial charge in [-0.2, -0.15) is 4.98 Å². The molecule has 0 saturated heterocycles. The van der Waals surface area contributed by atoms with Gasteiger partial charge in [-0.05, 0) is 55.4 Å². The highest BCUT2D eigenvalue weighted by atomic mass is 19.1. The van der Waals surface area contributed by atoms with Crippen LogP contribution in [0.5, 0.6) is 0 Å². The normalized spacial score (nSPS) is 23.9. The number of hydrogen-bond donors (Lipinski definition) is 2. The number of nitrogens with zero attached hydrogens (tertiary/aromatic N) is 4. The van der Waals surface area contributed by atoms with E-state index in [2.05, 4.69) is 15.6 Å². The predicted molar refractivity (Wildman–Crippen MR) is 124 cm³/mol. The fourth-order valence-electron chi connectivity index (χ4n) is 5.27. The highest BCUT2D eigenvalue weighted by Crippen LogP contribution is 2.36. The lowest BCUT2D eigenvalue weighted by molar-refractivity contribution is -0.118. The SMILES string of the molecule is Cc1nc(N[C@H]2C[C@@H](CN3Cc4cc(F)ccc4C3=O)C2)nc2c1NC(=O)[C@H](C(C)C)N2C. The van der Waals surface area contributed by atoms with Crippen molar-refractivity contribution in [2.75, 3.05) is 29.1 Å². The Morgan fingerprint density at radius 1 is 1.24 bits per heavy atom. The Balaban J connectivity index is 1.21. The minimum absolute atomic E-state index is 0.0140. The maximum absolute atomic E-state index is 13.5. The summed E-state index contributed by atoms with van der Waals surface area (Å²) in [5.41, 5.74) is 2.77. The summed E-state index contributed by atoms with van der Waals surface area (Å²) in [5, 5.41) is 6.39. The summed E-state index contributed by atoms with van der Waals surface area (Å²) < 4.78 is 13.5. The third-order valence-corrected chi connectivity index (χ3v) is 6.96. The standard InChI is InChI=1S/C24H29FN6O2/c1-12(2)20-22(32)28-19-13(3)26-24(29-21(19)30(20)4)27-17-7-14(8-17)10-31-11-15-9-16(25)5-6-18(15)23(31)33/h5-6,9,12,14,17,20H,7-8,10-11H2,1-4H3,(H,28,32)(H,26,27,29)/t14-,17+,20-/m0/s1. The minimum atomic E-state index is -0.304. The van der Waals surface area contributed by atoms with E-state index in [1.54, 1.807) is 6.07 Å². The molecule has 174 valence electrons. The molecular weight excluding hydrogens is 423 g/mol. The second-order valence-corrected chi connectivity index (χ2v) is 9.79. The van der Waals surface area contributed by atoms with Crippen LogP contribution in [0.4, 0.5) is 21.8 Å². The molecule has 2 amide bonds. The van der Waals surface area contributed by atoms with Gasteiger partial charge in [0.15, 0.2) is 5.82 Å². The number of anilines is 3. The number of halogens is 1. The van der Waals surface area contributed by atoms with Gasteiger partial charge < -0.3 is 20.4 Å². The van der Waals surface area contributed by atoms with Crippen molar-refractivity contribution < 1.29 is 14.0 Å². The van der Waals surface area contributed by atoms with E-state index in [4.69, 9.17) is 4.98 Å². The van der Waals surface area contributed by atoms with Gasteiger partial charge >= 0.3 is 0 Å². The van der Waals surface area contributed by atoms with Crippen LogP contribution < -0.4 is 15.5 Å². The number of nitrogens with one attached hydrogen (secondary N) is 2. The lowest BCUT2D eigenvalue weighted by atomic mass is 9.80. The van der Waals surface area contributed by atoms with E-state index < -0.39 is 0 Å². The van der Waals surface area contributed by atoms with Crippen LogP contribution in [0.1, 0.15) is 48.3 Å². The van der Waals surface area contributed by atoms with Gasteiger partial charge in [0.25, 0.3) is 5.91 Å². The summed E-state index contributed by atoms with van der Waals surface area (Å²) in [6, 6.07) is 4.34. The van der Waals surface area contributed by atoms with E-state index in [9.17, 15) is 14.0 Å². The predicted octanol–water partition coefficient (Wildman–Crippen LogP) is 3.18. The molecule has 2 aliphatic heterocycles. The van der Waals surface area contributed by atoms with E-state index >= 15 is 0 Å². The fraction of sp³-hybridized carbons (Fsp3) is 0.500. The molecule has 1 fully saturated rings. The van der Waals surface area contributed by atoms with Crippen LogP contribution in [0, 0.1) is 24.6 Å². The lowest BCUT2D eigenvalue weighted by Gasteiger charge is -2.39. The quantitative estimate of drug-likeness (QED) is 0.724. The number of amides is 2. The second kappa shape index (κ2) is 7.97. The number of carbonyl (C=O) groups is 2. The van der Waals surface area contributed by atoms with Crippen LogP contribution in [0.25, 0.3) is 0 Å². The number of aryl methyl sites for hydroxylation is 1. The summed E-state index contributed by atoms with van der Waals surface area (Å²) in [6.07, 6.45) is 1.82. The topological polar surface area (TPSA) is 90.5 Å². The maximum Gasteiger partial charge on any atom is 0.254 e. The summed E-state index contributed by atoms with van der Waals surface area (Å²) >= 11 is 0. The largest absolute Gasteiger partial charge is 0.351 e. The zero-order chi connectivity index (χ0) is 23.4. The number of aromatic nitrogens is 2. The molecule has 1 aliphatic carbocycles. The average Bonchev–Trinajstić information content (AvgIpc) is 3.01.